The Kier molecular flexibility index (Phi) is 5.91. The highest BCUT2D eigenvalue weighted by Crippen LogP contribution is 2.48. The van der Waals surface area contributed by atoms with Crippen molar-refractivity contribution in [2.75, 3.05) is 13.1 Å². The molecule has 31 heavy (non-hydrogen) atoms. The van der Waals surface area contributed by atoms with Gasteiger partial charge in [-0.25, -0.2) is 4.39 Å². The Morgan fingerprint density at radius 3 is 1.81 bits per heavy atom. The molecule has 1 fully saturated rings. The standard InChI is InChI=1S/C23H21F4N3O/c24-22(18-5-3-11-28-15-18,19-6-4-12-29-16-19)21(30-13-1-2-14-30)17-7-9-20(10-8-17)31-23(25,26)27/h3-12,15-16,21H,1-2,13-14H2. The van der Waals surface area contributed by atoms with Crippen molar-refractivity contribution in [3.63, 3.8) is 0 Å². The van der Waals surface area contributed by atoms with Crippen LogP contribution in [-0.2, 0) is 5.67 Å². The molecule has 1 unspecified atom stereocenters. The lowest BCUT2D eigenvalue weighted by Gasteiger charge is -2.40. The fourth-order valence-corrected chi connectivity index (χ4v) is 4.18. The molecule has 1 aliphatic rings. The van der Waals surface area contributed by atoms with Gasteiger partial charge < -0.3 is 4.74 Å². The van der Waals surface area contributed by atoms with Crippen molar-refractivity contribution in [3.8, 4) is 5.75 Å². The van der Waals surface area contributed by atoms with Gasteiger partial charge >= 0.3 is 6.36 Å². The zero-order valence-corrected chi connectivity index (χ0v) is 16.6. The Balaban J connectivity index is 1.83. The van der Waals surface area contributed by atoms with E-state index in [4.69, 9.17) is 0 Å². The number of ether oxygens (including phenoxy) is 1. The maximum absolute atomic E-state index is 17.3. The molecule has 0 amide bonds. The van der Waals surface area contributed by atoms with Crippen molar-refractivity contribution in [1.29, 1.82) is 0 Å². The topological polar surface area (TPSA) is 38.2 Å². The molecular weight excluding hydrogens is 410 g/mol. The molecule has 1 aromatic carbocycles. The minimum absolute atomic E-state index is 0.344. The average molecular weight is 431 g/mol. The molecule has 3 aromatic rings. The number of pyridine rings is 2. The Hall–Kier alpha value is -3.00. The Morgan fingerprint density at radius 1 is 0.806 bits per heavy atom. The molecule has 2 aromatic heterocycles. The van der Waals surface area contributed by atoms with Gasteiger partial charge in [-0.05, 0) is 55.8 Å². The Bertz CT molecular complexity index is 936. The van der Waals surface area contributed by atoms with Gasteiger partial charge in [0, 0.05) is 35.9 Å². The maximum atomic E-state index is 17.3. The molecule has 1 aliphatic heterocycles. The first kappa shape index (κ1) is 21.2. The van der Waals surface area contributed by atoms with Crippen LogP contribution >= 0.6 is 0 Å². The molecular formula is C23H21F4N3O. The lowest BCUT2D eigenvalue weighted by atomic mass is 9.79. The summed E-state index contributed by atoms with van der Waals surface area (Å²) in [7, 11) is 0. The zero-order valence-electron chi connectivity index (χ0n) is 16.6. The van der Waals surface area contributed by atoms with E-state index in [9.17, 15) is 13.2 Å². The van der Waals surface area contributed by atoms with Crippen LogP contribution in [0.5, 0.6) is 5.75 Å². The summed E-state index contributed by atoms with van der Waals surface area (Å²) < 4.78 is 59.0. The van der Waals surface area contributed by atoms with Crippen LogP contribution in [0, 0.1) is 0 Å². The summed E-state index contributed by atoms with van der Waals surface area (Å²) in [5.41, 5.74) is -0.753. The summed E-state index contributed by atoms with van der Waals surface area (Å²) in [5, 5.41) is 0. The SMILES string of the molecule is FC(F)(F)Oc1ccc(C(N2CCCC2)C(F)(c2cccnc2)c2cccnc2)cc1. The molecule has 1 atom stereocenters. The quantitative estimate of drug-likeness (QED) is 0.488. The average Bonchev–Trinajstić information content (AvgIpc) is 3.29. The number of halogens is 4. The molecule has 162 valence electrons. The first-order valence-electron chi connectivity index (χ1n) is 9.97. The van der Waals surface area contributed by atoms with E-state index >= 15 is 4.39 Å². The highest BCUT2D eigenvalue weighted by Gasteiger charge is 2.47. The third-order valence-corrected chi connectivity index (χ3v) is 5.48. The van der Waals surface area contributed by atoms with Crippen molar-refractivity contribution in [2.45, 2.75) is 30.9 Å². The molecule has 1 saturated heterocycles. The summed E-state index contributed by atoms with van der Waals surface area (Å²) in [5.74, 6) is -0.344. The van der Waals surface area contributed by atoms with E-state index in [0.29, 0.717) is 29.8 Å². The van der Waals surface area contributed by atoms with Crippen LogP contribution in [0.4, 0.5) is 17.6 Å². The molecule has 4 nitrogen and oxygen atoms in total. The van der Waals surface area contributed by atoms with E-state index in [1.54, 1.807) is 36.7 Å². The van der Waals surface area contributed by atoms with Gasteiger partial charge in [0.05, 0.1) is 6.04 Å². The lowest BCUT2D eigenvalue weighted by Crippen LogP contribution is -2.41. The van der Waals surface area contributed by atoms with Gasteiger partial charge in [-0.3, -0.25) is 14.9 Å². The van der Waals surface area contributed by atoms with Gasteiger partial charge in [0.25, 0.3) is 0 Å². The third kappa shape index (κ3) is 4.54. The summed E-state index contributed by atoms with van der Waals surface area (Å²) in [4.78, 5) is 10.2. The minimum atomic E-state index is -4.79. The van der Waals surface area contributed by atoms with Crippen LogP contribution in [0.1, 0.15) is 35.6 Å². The Labute approximate surface area is 177 Å². The monoisotopic (exact) mass is 431 g/mol. The van der Waals surface area contributed by atoms with Crippen LogP contribution in [0.2, 0.25) is 0 Å². The zero-order chi connectivity index (χ0) is 21.9. The number of alkyl halides is 4. The van der Waals surface area contributed by atoms with E-state index in [2.05, 4.69) is 14.7 Å². The van der Waals surface area contributed by atoms with Crippen molar-refractivity contribution in [2.24, 2.45) is 0 Å². The van der Waals surface area contributed by atoms with Gasteiger partial charge in [0.1, 0.15) is 5.75 Å². The minimum Gasteiger partial charge on any atom is -0.406 e. The molecule has 0 saturated carbocycles. The fraction of sp³-hybridized carbons (Fsp3) is 0.304. The van der Waals surface area contributed by atoms with Gasteiger partial charge in [-0.1, -0.05) is 24.3 Å². The highest BCUT2D eigenvalue weighted by molar-refractivity contribution is 5.41. The first-order chi connectivity index (χ1) is 14.9. The van der Waals surface area contributed by atoms with Crippen LogP contribution in [-0.4, -0.2) is 34.3 Å². The summed E-state index contributed by atoms with van der Waals surface area (Å²) in [6.45, 7) is 1.36. The normalized spacial score (nSPS) is 16.3. The van der Waals surface area contributed by atoms with Gasteiger partial charge in [0.2, 0.25) is 0 Å². The van der Waals surface area contributed by atoms with Gasteiger partial charge in [-0.15, -0.1) is 13.2 Å². The summed E-state index contributed by atoms with van der Waals surface area (Å²) in [6.07, 6.45) is 3.16. The largest absolute Gasteiger partial charge is 0.573 e. The van der Waals surface area contributed by atoms with E-state index in [0.717, 1.165) is 12.8 Å². The smallest absolute Gasteiger partial charge is 0.406 e. The van der Waals surface area contributed by atoms with Gasteiger partial charge in [0.15, 0.2) is 5.67 Å². The van der Waals surface area contributed by atoms with Crippen LogP contribution in [0.15, 0.2) is 73.3 Å². The second-order valence-electron chi connectivity index (χ2n) is 7.46. The van der Waals surface area contributed by atoms with Crippen molar-refractivity contribution in [3.05, 3.63) is 90.0 Å². The molecule has 0 bridgehead atoms. The van der Waals surface area contributed by atoms with Crippen molar-refractivity contribution in [1.82, 2.24) is 14.9 Å². The van der Waals surface area contributed by atoms with E-state index < -0.39 is 18.1 Å². The van der Waals surface area contributed by atoms with E-state index in [1.165, 1.54) is 36.7 Å². The van der Waals surface area contributed by atoms with Crippen molar-refractivity contribution >= 4 is 0 Å². The molecule has 0 N–H and O–H groups in total. The number of benzene rings is 1. The first-order valence-corrected chi connectivity index (χ1v) is 9.97. The predicted octanol–water partition coefficient (Wildman–Crippen LogP) is 5.43. The Morgan fingerprint density at radius 2 is 1.35 bits per heavy atom. The molecule has 8 heteroatoms. The van der Waals surface area contributed by atoms with E-state index in [-0.39, 0.29) is 5.75 Å². The van der Waals surface area contributed by atoms with Crippen molar-refractivity contribution < 1.29 is 22.3 Å². The molecule has 0 spiro atoms. The predicted molar refractivity (Wildman–Crippen MR) is 107 cm³/mol. The third-order valence-electron chi connectivity index (χ3n) is 5.48. The fourth-order valence-electron chi connectivity index (χ4n) is 4.18. The number of aromatic nitrogens is 2. The van der Waals surface area contributed by atoms with E-state index in [1.807, 2.05) is 4.90 Å². The number of hydrogen-bond acceptors (Lipinski definition) is 4. The summed E-state index contributed by atoms with van der Waals surface area (Å²) in [6, 6.07) is 11.3. The second-order valence-corrected chi connectivity index (χ2v) is 7.46. The maximum Gasteiger partial charge on any atom is 0.573 e. The molecule has 3 heterocycles. The van der Waals surface area contributed by atoms with Crippen LogP contribution < -0.4 is 4.74 Å². The molecule has 4 rings (SSSR count). The number of likely N-dealkylation sites (tertiary alicyclic amines) is 1. The number of rotatable bonds is 6. The van der Waals surface area contributed by atoms with Gasteiger partial charge in [-0.2, -0.15) is 0 Å². The molecule has 0 radical (unpaired) electrons. The second kappa shape index (κ2) is 8.63. The summed E-state index contributed by atoms with van der Waals surface area (Å²) >= 11 is 0. The highest BCUT2D eigenvalue weighted by atomic mass is 19.4. The number of hydrogen-bond donors (Lipinski definition) is 0. The van der Waals surface area contributed by atoms with Crippen LogP contribution in [0.25, 0.3) is 0 Å². The van der Waals surface area contributed by atoms with Crippen LogP contribution in [0.3, 0.4) is 0 Å². The molecule has 0 aliphatic carbocycles. The lowest BCUT2D eigenvalue weighted by molar-refractivity contribution is -0.274. The number of nitrogens with zero attached hydrogens (tertiary/aromatic N) is 3.